The molecule has 0 fully saturated rings. The van der Waals surface area contributed by atoms with Crippen LogP contribution in [0.3, 0.4) is 0 Å². The number of carbonyl (C=O) groups is 1. The van der Waals surface area contributed by atoms with Crippen molar-refractivity contribution in [2.45, 2.75) is 12.8 Å². The third-order valence-electron chi connectivity index (χ3n) is 2.22. The van der Waals surface area contributed by atoms with Gasteiger partial charge in [0.15, 0.2) is 18.1 Å². The van der Waals surface area contributed by atoms with E-state index in [1.165, 1.54) is 13.2 Å². The maximum absolute atomic E-state index is 11.2. The molecule has 0 aliphatic heterocycles. The topological polar surface area (TPSA) is 44.8 Å². The van der Waals surface area contributed by atoms with Crippen molar-refractivity contribution in [1.29, 1.82) is 0 Å². The van der Waals surface area contributed by atoms with Crippen LogP contribution in [0.25, 0.3) is 0 Å². The van der Waals surface area contributed by atoms with Crippen LogP contribution in [0.4, 0.5) is 0 Å². The van der Waals surface area contributed by atoms with Gasteiger partial charge in [-0.2, -0.15) is 0 Å². The molecule has 0 unspecified atom stereocenters. The van der Waals surface area contributed by atoms with Gasteiger partial charge < -0.3 is 14.2 Å². The number of hydrogen-bond acceptors (Lipinski definition) is 4. The molecule has 0 atom stereocenters. The molecule has 1 rings (SSSR count). The van der Waals surface area contributed by atoms with Gasteiger partial charge in [0, 0.05) is 11.6 Å². The summed E-state index contributed by atoms with van der Waals surface area (Å²) in [6.07, 6.45) is 0. The summed E-state index contributed by atoms with van der Waals surface area (Å²) in [6.45, 7) is 1.74. The number of rotatable bonds is 6. The van der Waals surface area contributed by atoms with Gasteiger partial charge >= 0.3 is 5.97 Å². The Morgan fingerprint density at radius 1 is 1.37 bits per heavy atom. The second-order valence-corrected chi connectivity index (χ2v) is 4.46. The fourth-order valence-electron chi connectivity index (χ4n) is 1.38. The highest BCUT2D eigenvalue weighted by Crippen LogP contribution is 2.42. The van der Waals surface area contributed by atoms with Crippen molar-refractivity contribution in [1.82, 2.24) is 0 Å². The lowest BCUT2D eigenvalue weighted by atomic mass is 10.2. The first-order valence-corrected chi connectivity index (χ1v) is 6.73. The summed E-state index contributed by atoms with van der Waals surface area (Å²) >= 11 is 17.9. The average Bonchev–Trinajstić information content (AvgIpc) is 2.37. The van der Waals surface area contributed by atoms with E-state index in [9.17, 15) is 4.79 Å². The number of hydrogen-bond donors (Lipinski definition) is 0. The normalized spacial score (nSPS) is 10.2. The minimum absolute atomic E-state index is 0.145. The van der Waals surface area contributed by atoms with Crippen LogP contribution in [0.2, 0.25) is 10.0 Å². The smallest absolute Gasteiger partial charge is 0.344 e. The fraction of sp³-hybridized carbons (Fsp3) is 0.417. The molecule has 1 aromatic carbocycles. The van der Waals surface area contributed by atoms with E-state index in [1.807, 2.05) is 0 Å². The van der Waals surface area contributed by atoms with Gasteiger partial charge in [-0.05, 0) is 6.92 Å². The van der Waals surface area contributed by atoms with Gasteiger partial charge in [-0.1, -0.05) is 23.2 Å². The van der Waals surface area contributed by atoms with Crippen molar-refractivity contribution in [3.8, 4) is 11.5 Å². The van der Waals surface area contributed by atoms with Gasteiger partial charge in [0.2, 0.25) is 0 Å². The van der Waals surface area contributed by atoms with Gasteiger partial charge in [0.05, 0.1) is 29.6 Å². The average molecular weight is 328 g/mol. The molecule has 0 radical (unpaired) electrons. The summed E-state index contributed by atoms with van der Waals surface area (Å²) < 4.78 is 15.2. The number of benzene rings is 1. The minimum atomic E-state index is -0.488. The van der Waals surface area contributed by atoms with Crippen LogP contribution in [-0.2, 0) is 15.4 Å². The van der Waals surface area contributed by atoms with Crippen molar-refractivity contribution in [3.05, 3.63) is 21.7 Å². The largest absolute Gasteiger partial charge is 0.491 e. The van der Waals surface area contributed by atoms with E-state index in [4.69, 9.17) is 49.0 Å². The van der Waals surface area contributed by atoms with Crippen molar-refractivity contribution in [2.75, 3.05) is 20.3 Å². The standard InChI is InChI=1S/C12H13Cl3O4/c1-3-18-10(16)6-19-9-4-8(14)7(5-13)11(15)12(9)17-2/h4H,3,5-6H2,1-2H3. The Kier molecular flexibility index (Phi) is 6.55. The van der Waals surface area contributed by atoms with E-state index in [-0.39, 0.29) is 35.6 Å². The number of methoxy groups -OCH3 is 1. The van der Waals surface area contributed by atoms with Gasteiger partial charge in [0.25, 0.3) is 0 Å². The lowest BCUT2D eigenvalue weighted by Crippen LogP contribution is -2.15. The fourth-order valence-corrected chi connectivity index (χ4v) is 2.44. The van der Waals surface area contributed by atoms with Crippen LogP contribution < -0.4 is 9.47 Å². The molecule has 0 amide bonds. The monoisotopic (exact) mass is 326 g/mol. The SMILES string of the molecule is CCOC(=O)COc1cc(Cl)c(CCl)c(Cl)c1OC. The first kappa shape index (κ1) is 16.2. The van der Waals surface area contributed by atoms with E-state index in [1.54, 1.807) is 6.92 Å². The van der Waals surface area contributed by atoms with E-state index < -0.39 is 5.97 Å². The quantitative estimate of drug-likeness (QED) is 0.590. The second kappa shape index (κ2) is 7.68. The minimum Gasteiger partial charge on any atom is -0.491 e. The zero-order chi connectivity index (χ0) is 14.4. The highest BCUT2D eigenvalue weighted by atomic mass is 35.5. The number of alkyl halides is 1. The predicted molar refractivity (Wildman–Crippen MR) is 74.7 cm³/mol. The van der Waals surface area contributed by atoms with Crippen molar-refractivity contribution in [2.24, 2.45) is 0 Å². The molecular weight excluding hydrogens is 314 g/mol. The molecule has 0 aliphatic rings. The zero-order valence-corrected chi connectivity index (χ0v) is 12.7. The van der Waals surface area contributed by atoms with E-state index in [2.05, 4.69) is 0 Å². The molecule has 0 saturated heterocycles. The van der Waals surface area contributed by atoms with Crippen LogP contribution in [0, 0.1) is 0 Å². The molecule has 7 heteroatoms. The Labute approximate surface area is 126 Å². The van der Waals surface area contributed by atoms with Crippen LogP contribution in [0.1, 0.15) is 12.5 Å². The highest BCUT2D eigenvalue weighted by Gasteiger charge is 2.18. The third kappa shape index (κ3) is 4.06. The summed E-state index contributed by atoms with van der Waals surface area (Å²) in [4.78, 5) is 11.2. The molecular formula is C12H13Cl3O4. The summed E-state index contributed by atoms with van der Waals surface area (Å²) in [5.41, 5.74) is 0.547. The Morgan fingerprint density at radius 2 is 2.05 bits per heavy atom. The number of carbonyl (C=O) groups excluding carboxylic acids is 1. The molecule has 0 N–H and O–H groups in total. The molecule has 0 aliphatic carbocycles. The van der Waals surface area contributed by atoms with Crippen molar-refractivity contribution in [3.63, 3.8) is 0 Å². The van der Waals surface area contributed by atoms with Crippen LogP contribution in [-0.4, -0.2) is 26.3 Å². The summed E-state index contributed by atoms with van der Waals surface area (Å²) in [7, 11) is 1.43. The van der Waals surface area contributed by atoms with Crippen LogP contribution in [0.15, 0.2) is 6.07 Å². The summed E-state index contributed by atoms with van der Waals surface area (Å²) in [5.74, 6) is 0.204. The molecule has 106 valence electrons. The summed E-state index contributed by atoms with van der Waals surface area (Å²) in [5, 5.41) is 0.614. The summed E-state index contributed by atoms with van der Waals surface area (Å²) in [6, 6.07) is 1.50. The molecule has 0 spiro atoms. The first-order valence-electron chi connectivity index (χ1n) is 5.44. The number of ether oxygens (including phenoxy) is 3. The number of halogens is 3. The molecule has 0 bridgehead atoms. The van der Waals surface area contributed by atoms with Gasteiger partial charge in [0.1, 0.15) is 0 Å². The van der Waals surface area contributed by atoms with Gasteiger partial charge in [-0.15, -0.1) is 11.6 Å². The first-order chi connectivity index (χ1) is 9.04. The molecule has 1 aromatic rings. The third-order valence-corrected chi connectivity index (χ3v) is 3.23. The highest BCUT2D eigenvalue weighted by molar-refractivity contribution is 6.38. The Hall–Kier alpha value is -0.840. The van der Waals surface area contributed by atoms with Crippen LogP contribution >= 0.6 is 34.8 Å². The van der Waals surface area contributed by atoms with Gasteiger partial charge in [-0.25, -0.2) is 4.79 Å². The Morgan fingerprint density at radius 3 is 2.58 bits per heavy atom. The maximum Gasteiger partial charge on any atom is 0.344 e. The van der Waals surface area contributed by atoms with Gasteiger partial charge in [-0.3, -0.25) is 0 Å². The lowest BCUT2D eigenvalue weighted by Gasteiger charge is -2.14. The van der Waals surface area contributed by atoms with E-state index >= 15 is 0 Å². The molecule has 0 aromatic heterocycles. The van der Waals surface area contributed by atoms with E-state index in [0.717, 1.165) is 0 Å². The second-order valence-electron chi connectivity index (χ2n) is 3.41. The Bertz CT molecular complexity index is 463. The predicted octanol–water partition coefficient (Wildman–Crippen LogP) is 3.68. The molecule has 4 nitrogen and oxygen atoms in total. The number of esters is 1. The molecule has 19 heavy (non-hydrogen) atoms. The lowest BCUT2D eigenvalue weighted by molar-refractivity contribution is -0.145. The van der Waals surface area contributed by atoms with E-state index in [0.29, 0.717) is 10.6 Å². The van der Waals surface area contributed by atoms with Crippen molar-refractivity contribution >= 4 is 40.8 Å². The maximum atomic E-state index is 11.2. The molecule has 0 saturated carbocycles. The Balaban J connectivity index is 2.98. The zero-order valence-electron chi connectivity index (χ0n) is 10.5. The molecule has 0 heterocycles. The van der Waals surface area contributed by atoms with Crippen LogP contribution in [0.5, 0.6) is 11.5 Å². The van der Waals surface area contributed by atoms with Crippen molar-refractivity contribution < 1.29 is 19.0 Å².